The van der Waals surface area contributed by atoms with Crippen LogP contribution in [0.15, 0.2) is 30.3 Å². The fourth-order valence-corrected chi connectivity index (χ4v) is 2.15. The molecule has 5 atom stereocenters. The molecule has 0 aliphatic heterocycles. The van der Waals surface area contributed by atoms with Crippen LogP contribution in [0, 0.1) is 0 Å². The summed E-state index contributed by atoms with van der Waals surface area (Å²) in [6, 6.07) is 9.35. The van der Waals surface area contributed by atoms with Crippen molar-refractivity contribution in [1.29, 1.82) is 0 Å². The van der Waals surface area contributed by atoms with Crippen LogP contribution in [0.2, 0.25) is 0 Å². The van der Waals surface area contributed by atoms with Crippen LogP contribution in [0.1, 0.15) is 12.0 Å². The lowest BCUT2D eigenvalue weighted by Gasteiger charge is -2.38. The van der Waals surface area contributed by atoms with Crippen molar-refractivity contribution in [1.82, 2.24) is 0 Å². The first-order valence-electron chi connectivity index (χ1n) is 5.97. The summed E-state index contributed by atoms with van der Waals surface area (Å²) in [7, 11) is 0. The minimum absolute atomic E-state index is 0.00230. The molecule has 5 nitrogen and oxygen atoms in total. The van der Waals surface area contributed by atoms with Crippen LogP contribution in [0.5, 0.6) is 0 Å². The standard InChI is InChI=1S/C13H18O5/c14-9-6-10(15)13(12(17)11(9)16)18-7-8-4-2-1-3-5-8/h1-5,9-17H,6-7H2/t9-,10+,11+,12-,13-/m0/s1. The minimum Gasteiger partial charge on any atom is -0.390 e. The van der Waals surface area contributed by atoms with E-state index in [-0.39, 0.29) is 13.0 Å². The molecule has 0 radical (unpaired) electrons. The number of hydrogen-bond acceptors (Lipinski definition) is 5. The molecule has 5 heteroatoms. The zero-order valence-corrected chi connectivity index (χ0v) is 9.88. The maximum Gasteiger partial charge on any atom is 0.112 e. The van der Waals surface area contributed by atoms with Crippen molar-refractivity contribution in [3.05, 3.63) is 35.9 Å². The van der Waals surface area contributed by atoms with E-state index in [2.05, 4.69) is 0 Å². The smallest absolute Gasteiger partial charge is 0.112 e. The van der Waals surface area contributed by atoms with Gasteiger partial charge in [-0.2, -0.15) is 0 Å². The first kappa shape index (κ1) is 13.5. The second kappa shape index (κ2) is 5.77. The highest BCUT2D eigenvalue weighted by Gasteiger charge is 2.42. The Balaban J connectivity index is 1.96. The van der Waals surface area contributed by atoms with Gasteiger partial charge in [-0.25, -0.2) is 0 Å². The third-order valence-corrected chi connectivity index (χ3v) is 3.23. The summed E-state index contributed by atoms with van der Waals surface area (Å²) in [5, 5.41) is 38.4. The van der Waals surface area contributed by atoms with E-state index in [1.165, 1.54) is 0 Å². The second-order valence-corrected chi connectivity index (χ2v) is 4.61. The largest absolute Gasteiger partial charge is 0.390 e. The lowest BCUT2D eigenvalue weighted by Crippen LogP contribution is -2.56. The van der Waals surface area contributed by atoms with E-state index in [0.717, 1.165) is 5.56 Å². The Morgan fingerprint density at radius 3 is 2.28 bits per heavy atom. The zero-order valence-electron chi connectivity index (χ0n) is 9.88. The summed E-state index contributed by atoms with van der Waals surface area (Å²) in [5.41, 5.74) is 0.914. The maximum absolute atomic E-state index is 9.76. The Morgan fingerprint density at radius 2 is 1.61 bits per heavy atom. The van der Waals surface area contributed by atoms with Crippen LogP contribution < -0.4 is 0 Å². The van der Waals surface area contributed by atoms with Crippen molar-refractivity contribution in [3.8, 4) is 0 Å². The Morgan fingerprint density at radius 1 is 0.944 bits per heavy atom. The highest BCUT2D eigenvalue weighted by Crippen LogP contribution is 2.24. The Hall–Kier alpha value is -0.980. The molecular formula is C13H18O5. The van der Waals surface area contributed by atoms with Gasteiger partial charge in [0.1, 0.15) is 18.3 Å². The third-order valence-electron chi connectivity index (χ3n) is 3.23. The van der Waals surface area contributed by atoms with Crippen molar-refractivity contribution in [2.45, 2.75) is 43.5 Å². The fourth-order valence-electron chi connectivity index (χ4n) is 2.15. The van der Waals surface area contributed by atoms with Crippen LogP contribution in [0.3, 0.4) is 0 Å². The lowest BCUT2D eigenvalue weighted by molar-refractivity contribution is -0.196. The first-order valence-corrected chi connectivity index (χ1v) is 5.97. The molecule has 1 aromatic carbocycles. The molecule has 4 N–H and O–H groups in total. The van der Waals surface area contributed by atoms with Crippen molar-refractivity contribution in [2.75, 3.05) is 0 Å². The second-order valence-electron chi connectivity index (χ2n) is 4.61. The Bertz CT molecular complexity index is 369. The maximum atomic E-state index is 9.76. The number of ether oxygens (including phenoxy) is 1. The number of rotatable bonds is 3. The molecule has 1 saturated carbocycles. The molecule has 0 aromatic heterocycles. The normalized spacial score (nSPS) is 36.6. The van der Waals surface area contributed by atoms with E-state index in [1.54, 1.807) is 0 Å². The highest BCUT2D eigenvalue weighted by molar-refractivity contribution is 5.13. The van der Waals surface area contributed by atoms with Gasteiger partial charge in [-0.05, 0) is 5.56 Å². The van der Waals surface area contributed by atoms with E-state index in [9.17, 15) is 20.4 Å². The van der Waals surface area contributed by atoms with Gasteiger partial charge in [-0.3, -0.25) is 0 Å². The molecule has 1 aromatic rings. The molecule has 0 saturated heterocycles. The molecule has 1 fully saturated rings. The Kier molecular flexibility index (Phi) is 4.31. The molecule has 0 bridgehead atoms. The predicted molar refractivity (Wildman–Crippen MR) is 63.7 cm³/mol. The monoisotopic (exact) mass is 254 g/mol. The van der Waals surface area contributed by atoms with Crippen LogP contribution in [0.4, 0.5) is 0 Å². The average molecular weight is 254 g/mol. The zero-order chi connectivity index (χ0) is 13.1. The van der Waals surface area contributed by atoms with Crippen LogP contribution in [-0.4, -0.2) is 50.9 Å². The van der Waals surface area contributed by atoms with Crippen LogP contribution in [-0.2, 0) is 11.3 Å². The third kappa shape index (κ3) is 2.88. The van der Waals surface area contributed by atoms with Gasteiger partial charge in [0.2, 0.25) is 0 Å². The van der Waals surface area contributed by atoms with E-state index in [0.29, 0.717) is 0 Å². The van der Waals surface area contributed by atoms with Crippen LogP contribution in [0.25, 0.3) is 0 Å². The number of aliphatic hydroxyl groups is 4. The van der Waals surface area contributed by atoms with Gasteiger partial charge < -0.3 is 25.2 Å². The van der Waals surface area contributed by atoms with Gasteiger partial charge in [-0.15, -0.1) is 0 Å². The van der Waals surface area contributed by atoms with E-state index in [4.69, 9.17) is 4.74 Å². The topological polar surface area (TPSA) is 90.2 Å². The van der Waals surface area contributed by atoms with Gasteiger partial charge in [-0.1, -0.05) is 30.3 Å². The van der Waals surface area contributed by atoms with E-state index >= 15 is 0 Å². The molecule has 0 unspecified atom stereocenters. The fraction of sp³-hybridized carbons (Fsp3) is 0.538. The minimum atomic E-state index is -1.28. The first-order chi connectivity index (χ1) is 8.59. The quantitative estimate of drug-likeness (QED) is 0.579. The molecule has 0 amide bonds. The van der Waals surface area contributed by atoms with Gasteiger partial charge in [0.25, 0.3) is 0 Å². The Labute approximate surface area is 105 Å². The number of hydrogen-bond donors (Lipinski definition) is 4. The van der Waals surface area contributed by atoms with E-state index in [1.807, 2.05) is 30.3 Å². The van der Waals surface area contributed by atoms with Gasteiger partial charge in [0.15, 0.2) is 0 Å². The summed E-state index contributed by atoms with van der Waals surface area (Å²) >= 11 is 0. The molecule has 2 rings (SSSR count). The SMILES string of the molecule is O[C@H]1[C@H](O)[C@@H](O)C[C@@H](O)[C@@H]1OCc1ccccc1. The van der Waals surface area contributed by atoms with Crippen molar-refractivity contribution < 1.29 is 25.2 Å². The molecule has 18 heavy (non-hydrogen) atoms. The van der Waals surface area contributed by atoms with E-state index < -0.39 is 30.5 Å². The van der Waals surface area contributed by atoms with Crippen LogP contribution >= 0.6 is 0 Å². The molecule has 1 aliphatic rings. The summed E-state index contributed by atoms with van der Waals surface area (Å²) in [6.07, 6.45) is -5.56. The summed E-state index contributed by atoms with van der Waals surface area (Å²) in [6.45, 7) is 0.239. The predicted octanol–water partition coefficient (Wildman–Crippen LogP) is -0.581. The lowest BCUT2D eigenvalue weighted by atomic mass is 9.87. The summed E-state index contributed by atoms with van der Waals surface area (Å²) in [4.78, 5) is 0. The van der Waals surface area contributed by atoms with Crippen molar-refractivity contribution in [2.24, 2.45) is 0 Å². The van der Waals surface area contributed by atoms with Gasteiger partial charge in [0.05, 0.1) is 18.8 Å². The summed E-state index contributed by atoms with van der Waals surface area (Å²) < 4.78 is 5.44. The highest BCUT2D eigenvalue weighted by atomic mass is 16.5. The van der Waals surface area contributed by atoms with Gasteiger partial charge >= 0.3 is 0 Å². The van der Waals surface area contributed by atoms with Gasteiger partial charge in [0, 0.05) is 6.42 Å². The number of benzene rings is 1. The molecule has 1 aliphatic carbocycles. The molecule has 0 heterocycles. The molecular weight excluding hydrogens is 236 g/mol. The summed E-state index contributed by atoms with van der Waals surface area (Å²) in [5.74, 6) is 0. The van der Waals surface area contributed by atoms with Crippen molar-refractivity contribution >= 4 is 0 Å². The molecule has 0 spiro atoms. The molecule has 100 valence electrons. The average Bonchev–Trinajstić information content (AvgIpc) is 2.37. The van der Waals surface area contributed by atoms with Crippen molar-refractivity contribution in [3.63, 3.8) is 0 Å². The number of aliphatic hydroxyl groups excluding tert-OH is 4.